The molecule has 2 heterocycles. The van der Waals surface area contributed by atoms with Gasteiger partial charge in [0, 0.05) is 31.2 Å². The van der Waals surface area contributed by atoms with Crippen molar-refractivity contribution in [3.63, 3.8) is 0 Å². The fourth-order valence-electron chi connectivity index (χ4n) is 2.45. The van der Waals surface area contributed by atoms with Gasteiger partial charge in [-0.2, -0.15) is 0 Å². The minimum Gasteiger partial charge on any atom is -0.508 e. The number of nitrogens with one attached hydrogen (secondary N) is 1. The van der Waals surface area contributed by atoms with E-state index in [1.807, 2.05) is 18.3 Å². The van der Waals surface area contributed by atoms with Crippen LogP contribution in [-0.4, -0.2) is 36.3 Å². The second kappa shape index (κ2) is 4.82. The van der Waals surface area contributed by atoms with E-state index in [4.69, 9.17) is 0 Å². The van der Waals surface area contributed by atoms with Gasteiger partial charge in [-0.3, -0.25) is 0 Å². The number of fused-ring (bicyclic) bond motifs is 1. The van der Waals surface area contributed by atoms with Crippen molar-refractivity contribution in [2.45, 2.75) is 6.42 Å². The normalized spacial score (nSPS) is 16.8. The van der Waals surface area contributed by atoms with Gasteiger partial charge in [0.25, 0.3) is 0 Å². The van der Waals surface area contributed by atoms with Gasteiger partial charge in [-0.05, 0) is 36.6 Å². The van der Waals surface area contributed by atoms with Crippen molar-refractivity contribution < 1.29 is 5.11 Å². The Morgan fingerprint density at radius 1 is 1.17 bits per heavy atom. The summed E-state index contributed by atoms with van der Waals surface area (Å²) in [4.78, 5) is 6.79. The van der Waals surface area contributed by atoms with Gasteiger partial charge in [-0.15, -0.1) is 0 Å². The lowest BCUT2D eigenvalue weighted by Crippen LogP contribution is -2.28. The van der Waals surface area contributed by atoms with Crippen LogP contribution in [0, 0.1) is 0 Å². The Kier molecular flexibility index (Phi) is 3.02. The van der Waals surface area contributed by atoms with Crippen LogP contribution in [-0.2, 0) is 0 Å². The van der Waals surface area contributed by atoms with Gasteiger partial charge < -0.3 is 15.3 Å². The zero-order chi connectivity index (χ0) is 12.4. The lowest BCUT2D eigenvalue weighted by atomic mass is 10.1. The minimum atomic E-state index is 0.296. The van der Waals surface area contributed by atoms with Crippen LogP contribution in [0.1, 0.15) is 6.42 Å². The van der Waals surface area contributed by atoms with Gasteiger partial charge in [0.2, 0.25) is 0 Å². The van der Waals surface area contributed by atoms with Crippen LogP contribution < -0.4 is 10.2 Å². The third-order valence-electron chi connectivity index (χ3n) is 3.37. The summed E-state index contributed by atoms with van der Waals surface area (Å²) in [5.74, 6) is 1.27. The maximum Gasteiger partial charge on any atom is 0.136 e. The number of anilines is 1. The number of hydrogen-bond donors (Lipinski definition) is 2. The highest BCUT2D eigenvalue weighted by Crippen LogP contribution is 2.27. The molecule has 0 amide bonds. The van der Waals surface area contributed by atoms with E-state index in [9.17, 15) is 5.11 Å². The van der Waals surface area contributed by atoms with Crippen molar-refractivity contribution in [3.8, 4) is 5.75 Å². The molecule has 1 aliphatic rings. The first-order valence-electron chi connectivity index (χ1n) is 6.38. The molecule has 4 heteroatoms. The Morgan fingerprint density at radius 2 is 2.11 bits per heavy atom. The van der Waals surface area contributed by atoms with Crippen molar-refractivity contribution >= 4 is 16.6 Å². The Balaban J connectivity index is 2.06. The topological polar surface area (TPSA) is 48.4 Å². The van der Waals surface area contributed by atoms with Crippen LogP contribution in [0.2, 0.25) is 0 Å². The molecule has 94 valence electrons. The Morgan fingerprint density at radius 3 is 3.06 bits per heavy atom. The number of hydrogen-bond acceptors (Lipinski definition) is 4. The van der Waals surface area contributed by atoms with Crippen molar-refractivity contribution in [1.29, 1.82) is 0 Å². The van der Waals surface area contributed by atoms with Gasteiger partial charge in [-0.25, -0.2) is 4.98 Å². The summed E-state index contributed by atoms with van der Waals surface area (Å²) in [7, 11) is 0. The highest BCUT2D eigenvalue weighted by atomic mass is 16.3. The summed E-state index contributed by atoms with van der Waals surface area (Å²) >= 11 is 0. The molecule has 1 aromatic carbocycles. The first kappa shape index (κ1) is 11.3. The van der Waals surface area contributed by atoms with E-state index in [0.717, 1.165) is 49.2 Å². The predicted octanol–water partition coefficient (Wildman–Crippen LogP) is 1.74. The molecular weight excluding hydrogens is 226 g/mol. The van der Waals surface area contributed by atoms with Crippen molar-refractivity contribution in [2.75, 3.05) is 31.1 Å². The van der Waals surface area contributed by atoms with Gasteiger partial charge in [0.05, 0.1) is 0 Å². The van der Waals surface area contributed by atoms with Crippen LogP contribution in [0.5, 0.6) is 5.75 Å². The van der Waals surface area contributed by atoms with Crippen LogP contribution in [0.4, 0.5) is 5.82 Å². The molecule has 0 bridgehead atoms. The molecule has 1 aliphatic heterocycles. The molecule has 18 heavy (non-hydrogen) atoms. The average Bonchev–Trinajstić information content (AvgIpc) is 2.67. The Labute approximate surface area is 106 Å². The van der Waals surface area contributed by atoms with Crippen molar-refractivity contribution in [2.24, 2.45) is 0 Å². The molecule has 0 atom stereocenters. The maximum atomic E-state index is 9.65. The molecule has 2 aromatic rings. The largest absolute Gasteiger partial charge is 0.508 e. The number of aromatic hydroxyl groups is 1. The summed E-state index contributed by atoms with van der Waals surface area (Å²) in [6, 6.07) is 7.44. The van der Waals surface area contributed by atoms with Crippen LogP contribution >= 0.6 is 0 Å². The number of rotatable bonds is 1. The highest BCUT2D eigenvalue weighted by molar-refractivity contribution is 5.93. The van der Waals surface area contributed by atoms with Crippen LogP contribution in [0.25, 0.3) is 10.8 Å². The molecule has 0 radical (unpaired) electrons. The molecule has 3 rings (SSSR count). The summed E-state index contributed by atoms with van der Waals surface area (Å²) < 4.78 is 0. The first-order valence-corrected chi connectivity index (χ1v) is 6.38. The fraction of sp³-hybridized carbons (Fsp3) is 0.357. The molecule has 1 aromatic heterocycles. The monoisotopic (exact) mass is 243 g/mol. The number of benzene rings is 1. The molecule has 1 saturated heterocycles. The van der Waals surface area contributed by atoms with E-state index >= 15 is 0 Å². The Hall–Kier alpha value is -1.81. The summed E-state index contributed by atoms with van der Waals surface area (Å²) in [5, 5.41) is 15.2. The zero-order valence-corrected chi connectivity index (χ0v) is 10.3. The van der Waals surface area contributed by atoms with E-state index in [1.54, 1.807) is 12.1 Å². The lowest BCUT2D eigenvalue weighted by Gasteiger charge is -2.22. The van der Waals surface area contributed by atoms with Crippen LogP contribution in [0.3, 0.4) is 0 Å². The summed E-state index contributed by atoms with van der Waals surface area (Å²) in [5.41, 5.74) is 0. The molecule has 2 N–H and O–H groups in total. The maximum absolute atomic E-state index is 9.65. The van der Waals surface area contributed by atoms with E-state index in [0.29, 0.717) is 5.75 Å². The number of nitrogens with zero attached hydrogens (tertiary/aromatic N) is 2. The zero-order valence-electron chi connectivity index (χ0n) is 10.3. The second-order valence-electron chi connectivity index (χ2n) is 4.63. The standard InChI is InChI=1S/C14H17N3O/c18-12-3-2-11-4-6-16-14(13(11)10-12)17-8-1-5-15-7-9-17/h2-4,6,10,15,18H,1,5,7-9H2. The summed E-state index contributed by atoms with van der Waals surface area (Å²) in [6.45, 7) is 4.01. The van der Waals surface area contributed by atoms with E-state index in [1.165, 1.54) is 0 Å². The molecule has 0 saturated carbocycles. The SMILES string of the molecule is Oc1ccc2ccnc(N3CCCNCC3)c2c1. The molecule has 1 fully saturated rings. The molecule has 0 unspecified atom stereocenters. The molecule has 4 nitrogen and oxygen atoms in total. The van der Waals surface area contributed by atoms with E-state index in [-0.39, 0.29) is 0 Å². The van der Waals surface area contributed by atoms with Gasteiger partial charge in [0.15, 0.2) is 0 Å². The third kappa shape index (κ3) is 2.11. The second-order valence-corrected chi connectivity index (χ2v) is 4.63. The first-order chi connectivity index (χ1) is 8.84. The number of phenolic OH excluding ortho intramolecular Hbond substituents is 1. The molecule has 0 spiro atoms. The average molecular weight is 243 g/mol. The van der Waals surface area contributed by atoms with Gasteiger partial charge in [0.1, 0.15) is 11.6 Å². The van der Waals surface area contributed by atoms with Gasteiger partial charge >= 0.3 is 0 Å². The number of pyridine rings is 1. The minimum absolute atomic E-state index is 0.296. The quantitative estimate of drug-likeness (QED) is 0.801. The smallest absolute Gasteiger partial charge is 0.136 e. The Bertz CT molecular complexity index is 548. The van der Waals surface area contributed by atoms with E-state index < -0.39 is 0 Å². The molecular formula is C14H17N3O. The van der Waals surface area contributed by atoms with Gasteiger partial charge in [-0.1, -0.05) is 6.07 Å². The van der Waals surface area contributed by atoms with Crippen LogP contribution in [0.15, 0.2) is 30.5 Å². The van der Waals surface area contributed by atoms with Crippen molar-refractivity contribution in [3.05, 3.63) is 30.5 Å². The van der Waals surface area contributed by atoms with Crippen molar-refractivity contribution in [1.82, 2.24) is 10.3 Å². The molecule has 0 aliphatic carbocycles. The lowest BCUT2D eigenvalue weighted by molar-refractivity contribution is 0.476. The highest BCUT2D eigenvalue weighted by Gasteiger charge is 2.13. The van der Waals surface area contributed by atoms with E-state index in [2.05, 4.69) is 15.2 Å². The number of phenols is 1. The predicted molar refractivity (Wildman–Crippen MR) is 73.1 cm³/mol. The third-order valence-corrected chi connectivity index (χ3v) is 3.37. The summed E-state index contributed by atoms with van der Waals surface area (Å²) in [6.07, 6.45) is 2.96. The number of aromatic nitrogens is 1. The fourth-order valence-corrected chi connectivity index (χ4v) is 2.45.